The van der Waals surface area contributed by atoms with Gasteiger partial charge in [-0.1, -0.05) is 0 Å². The molecule has 1 aromatic carbocycles. The molecule has 0 aliphatic carbocycles. The number of aryl methyl sites for hydroxylation is 2. The monoisotopic (exact) mass is 355 g/mol. The van der Waals surface area contributed by atoms with Gasteiger partial charge in [-0.05, 0) is 48.8 Å². The third-order valence-corrected chi connectivity index (χ3v) is 4.18. The smallest absolute Gasteiger partial charge is 0.167 e. The van der Waals surface area contributed by atoms with Gasteiger partial charge in [0.25, 0.3) is 0 Å². The SMILES string of the molecule is CCOc1ccc(NCc2c(Br)c(C)nn2CC)cc1F. The number of anilines is 1. The van der Waals surface area contributed by atoms with Crippen molar-refractivity contribution in [3.63, 3.8) is 0 Å². The molecule has 0 atom stereocenters. The summed E-state index contributed by atoms with van der Waals surface area (Å²) in [6, 6.07) is 4.89. The highest BCUT2D eigenvalue weighted by Gasteiger charge is 2.12. The van der Waals surface area contributed by atoms with Crippen molar-refractivity contribution in [2.45, 2.75) is 33.9 Å². The Hall–Kier alpha value is -1.56. The Kier molecular flexibility index (Phi) is 5.22. The van der Waals surface area contributed by atoms with Crippen LogP contribution in [0.1, 0.15) is 25.2 Å². The van der Waals surface area contributed by atoms with Gasteiger partial charge in [0.05, 0.1) is 29.0 Å². The van der Waals surface area contributed by atoms with Crippen molar-refractivity contribution in [2.75, 3.05) is 11.9 Å². The lowest BCUT2D eigenvalue weighted by atomic mass is 10.2. The number of aromatic nitrogens is 2. The first kappa shape index (κ1) is 15.8. The predicted molar refractivity (Wildman–Crippen MR) is 85.2 cm³/mol. The molecule has 0 bridgehead atoms. The lowest BCUT2D eigenvalue weighted by molar-refractivity contribution is 0.321. The molecule has 0 unspecified atom stereocenters. The molecule has 0 aliphatic rings. The van der Waals surface area contributed by atoms with Crippen molar-refractivity contribution in [2.24, 2.45) is 0 Å². The maximum Gasteiger partial charge on any atom is 0.167 e. The van der Waals surface area contributed by atoms with Crippen molar-refractivity contribution >= 4 is 21.6 Å². The lowest BCUT2D eigenvalue weighted by Crippen LogP contribution is -2.08. The normalized spacial score (nSPS) is 10.7. The number of hydrogen-bond donors (Lipinski definition) is 1. The van der Waals surface area contributed by atoms with E-state index in [1.807, 2.05) is 31.5 Å². The Bertz CT molecular complexity index is 628. The summed E-state index contributed by atoms with van der Waals surface area (Å²) in [5.74, 6) is -0.0835. The number of benzene rings is 1. The Morgan fingerprint density at radius 3 is 2.76 bits per heavy atom. The standard InChI is InChI=1S/C15H19BrFN3O/c1-4-20-13(15(16)10(3)19-20)9-18-11-6-7-14(21-5-2)12(17)8-11/h6-8,18H,4-5,9H2,1-3H3. The first-order chi connectivity index (χ1) is 10.1. The zero-order valence-electron chi connectivity index (χ0n) is 12.4. The summed E-state index contributed by atoms with van der Waals surface area (Å²) in [5.41, 5.74) is 2.71. The summed E-state index contributed by atoms with van der Waals surface area (Å²) < 4.78 is 21.9. The van der Waals surface area contributed by atoms with Crippen LogP contribution in [0.5, 0.6) is 5.75 Å². The number of nitrogens with one attached hydrogen (secondary N) is 1. The summed E-state index contributed by atoms with van der Waals surface area (Å²) >= 11 is 3.54. The molecule has 0 saturated carbocycles. The zero-order chi connectivity index (χ0) is 15.4. The van der Waals surface area contributed by atoms with Crippen LogP contribution in [0.3, 0.4) is 0 Å². The maximum atomic E-state index is 13.8. The minimum Gasteiger partial charge on any atom is -0.491 e. The summed E-state index contributed by atoms with van der Waals surface area (Å²) in [6.07, 6.45) is 0. The fourth-order valence-electron chi connectivity index (χ4n) is 2.11. The van der Waals surface area contributed by atoms with Crippen LogP contribution in [-0.4, -0.2) is 16.4 Å². The molecule has 6 heteroatoms. The molecule has 0 radical (unpaired) electrons. The van der Waals surface area contributed by atoms with Gasteiger partial charge in [-0.2, -0.15) is 5.10 Å². The second-order valence-electron chi connectivity index (χ2n) is 4.59. The highest BCUT2D eigenvalue weighted by Crippen LogP contribution is 2.24. The number of hydrogen-bond acceptors (Lipinski definition) is 3. The molecular formula is C15H19BrFN3O. The Morgan fingerprint density at radius 2 is 2.14 bits per heavy atom. The van der Waals surface area contributed by atoms with Gasteiger partial charge in [0, 0.05) is 18.3 Å². The molecule has 1 N–H and O–H groups in total. The van der Waals surface area contributed by atoms with E-state index < -0.39 is 0 Å². The summed E-state index contributed by atoms with van der Waals surface area (Å²) in [5, 5.41) is 7.65. The van der Waals surface area contributed by atoms with Gasteiger partial charge < -0.3 is 10.1 Å². The minimum atomic E-state index is -0.360. The molecule has 2 aromatic rings. The fraction of sp³-hybridized carbons (Fsp3) is 0.400. The molecule has 0 fully saturated rings. The summed E-state index contributed by atoms with van der Waals surface area (Å²) in [6.45, 7) is 7.64. The van der Waals surface area contributed by atoms with Crippen molar-refractivity contribution in [1.82, 2.24) is 9.78 Å². The van der Waals surface area contributed by atoms with Crippen LogP contribution >= 0.6 is 15.9 Å². The molecule has 2 rings (SSSR count). The Labute approximate surface area is 132 Å². The van der Waals surface area contributed by atoms with Gasteiger partial charge in [0.2, 0.25) is 0 Å². The van der Waals surface area contributed by atoms with E-state index in [9.17, 15) is 4.39 Å². The molecular weight excluding hydrogens is 337 g/mol. The largest absolute Gasteiger partial charge is 0.491 e. The number of nitrogens with zero attached hydrogens (tertiary/aromatic N) is 2. The van der Waals surface area contributed by atoms with Crippen molar-refractivity contribution in [3.8, 4) is 5.75 Å². The predicted octanol–water partition coefficient (Wildman–Crippen LogP) is 4.12. The molecule has 1 aromatic heterocycles. The van der Waals surface area contributed by atoms with Crippen LogP contribution in [0, 0.1) is 12.7 Å². The fourth-order valence-corrected chi connectivity index (χ4v) is 2.53. The summed E-state index contributed by atoms with van der Waals surface area (Å²) in [7, 11) is 0. The third-order valence-electron chi connectivity index (χ3n) is 3.14. The van der Waals surface area contributed by atoms with Crippen LogP contribution in [-0.2, 0) is 13.1 Å². The molecule has 21 heavy (non-hydrogen) atoms. The highest BCUT2D eigenvalue weighted by atomic mass is 79.9. The maximum absolute atomic E-state index is 13.8. The second-order valence-corrected chi connectivity index (χ2v) is 5.39. The molecule has 0 amide bonds. The van der Waals surface area contributed by atoms with Gasteiger partial charge in [-0.3, -0.25) is 4.68 Å². The quantitative estimate of drug-likeness (QED) is 0.846. The van der Waals surface area contributed by atoms with Crippen molar-refractivity contribution in [3.05, 3.63) is 39.9 Å². The highest BCUT2D eigenvalue weighted by molar-refractivity contribution is 9.10. The topological polar surface area (TPSA) is 39.1 Å². The van der Waals surface area contributed by atoms with Gasteiger partial charge in [-0.15, -0.1) is 0 Å². The third kappa shape index (κ3) is 3.56. The van der Waals surface area contributed by atoms with Crippen LogP contribution in [0.15, 0.2) is 22.7 Å². The van der Waals surface area contributed by atoms with Gasteiger partial charge >= 0.3 is 0 Å². The molecule has 1 heterocycles. The average molecular weight is 356 g/mol. The van der Waals surface area contributed by atoms with E-state index in [1.165, 1.54) is 6.07 Å². The minimum absolute atomic E-state index is 0.277. The molecule has 114 valence electrons. The van der Waals surface area contributed by atoms with Crippen LogP contribution < -0.4 is 10.1 Å². The average Bonchev–Trinajstić information content (AvgIpc) is 2.75. The first-order valence-corrected chi connectivity index (χ1v) is 7.74. The number of ether oxygens (including phenoxy) is 1. The van der Waals surface area contributed by atoms with E-state index in [4.69, 9.17) is 4.74 Å². The van der Waals surface area contributed by atoms with E-state index >= 15 is 0 Å². The number of halogens is 2. The molecule has 0 saturated heterocycles. The Balaban J connectivity index is 2.11. The van der Waals surface area contributed by atoms with Gasteiger partial charge in [0.1, 0.15) is 0 Å². The molecule has 0 spiro atoms. The van der Waals surface area contributed by atoms with Gasteiger partial charge in [-0.25, -0.2) is 4.39 Å². The van der Waals surface area contributed by atoms with Crippen LogP contribution in [0.25, 0.3) is 0 Å². The van der Waals surface area contributed by atoms with E-state index in [0.717, 1.165) is 22.4 Å². The van der Waals surface area contributed by atoms with E-state index in [1.54, 1.807) is 6.07 Å². The van der Waals surface area contributed by atoms with Crippen LogP contribution in [0.2, 0.25) is 0 Å². The number of rotatable bonds is 6. The lowest BCUT2D eigenvalue weighted by Gasteiger charge is -2.10. The van der Waals surface area contributed by atoms with Gasteiger partial charge in [0.15, 0.2) is 11.6 Å². The van der Waals surface area contributed by atoms with E-state index in [2.05, 4.69) is 26.3 Å². The second kappa shape index (κ2) is 6.93. The van der Waals surface area contributed by atoms with Crippen molar-refractivity contribution in [1.29, 1.82) is 0 Å². The van der Waals surface area contributed by atoms with Crippen molar-refractivity contribution < 1.29 is 9.13 Å². The van der Waals surface area contributed by atoms with Crippen LogP contribution in [0.4, 0.5) is 10.1 Å². The van der Waals surface area contributed by atoms with E-state index in [-0.39, 0.29) is 11.6 Å². The zero-order valence-corrected chi connectivity index (χ0v) is 14.0. The molecule has 4 nitrogen and oxygen atoms in total. The first-order valence-electron chi connectivity index (χ1n) is 6.94. The summed E-state index contributed by atoms with van der Waals surface area (Å²) in [4.78, 5) is 0. The molecule has 0 aliphatic heterocycles. The van der Waals surface area contributed by atoms with E-state index in [0.29, 0.717) is 18.8 Å². The Morgan fingerprint density at radius 1 is 1.38 bits per heavy atom.